The fourth-order valence-electron chi connectivity index (χ4n) is 3.20. The Hall–Kier alpha value is -3.69. The van der Waals surface area contributed by atoms with E-state index in [0.29, 0.717) is 0 Å². The maximum Gasteiger partial charge on any atom is 0.387 e. The quantitative estimate of drug-likeness (QED) is 0.502. The molecule has 0 fully saturated rings. The van der Waals surface area contributed by atoms with E-state index >= 15 is 0 Å². The summed E-state index contributed by atoms with van der Waals surface area (Å²) in [4.78, 5) is 41.6. The van der Waals surface area contributed by atoms with Crippen LogP contribution in [0.25, 0.3) is 0 Å². The molecule has 0 saturated heterocycles. The highest BCUT2D eigenvalue weighted by Gasteiger charge is 2.37. The Morgan fingerprint density at radius 1 is 1.28 bits per heavy atom. The summed E-state index contributed by atoms with van der Waals surface area (Å²) in [6.45, 7) is 1.80. The maximum atomic E-state index is 12.9. The van der Waals surface area contributed by atoms with Gasteiger partial charge in [-0.25, -0.2) is 9.59 Å². The van der Waals surface area contributed by atoms with Crippen molar-refractivity contribution in [3.63, 3.8) is 0 Å². The first-order valence-electron chi connectivity index (χ1n) is 8.49. The minimum absolute atomic E-state index is 0.0159. The Balaban J connectivity index is 2.28. The van der Waals surface area contributed by atoms with Crippen molar-refractivity contribution in [2.45, 2.75) is 19.5 Å². The van der Waals surface area contributed by atoms with Gasteiger partial charge in [0.15, 0.2) is 0 Å². The number of nitrogens with one attached hydrogen (secondary N) is 3. The largest absolute Gasteiger partial charge is 0.458 e. The molecule has 0 unspecified atom stereocenters. The number of alkyl halides is 2. The van der Waals surface area contributed by atoms with Gasteiger partial charge in [-0.1, -0.05) is 30.9 Å². The summed E-state index contributed by atoms with van der Waals surface area (Å²) < 4.78 is 35.6. The zero-order valence-electron chi connectivity index (χ0n) is 15.3. The van der Waals surface area contributed by atoms with Crippen molar-refractivity contribution in [1.29, 1.82) is 0 Å². The van der Waals surface area contributed by atoms with Gasteiger partial charge in [-0.3, -0.25) is 14.8 Å². The van der Waals surface area contributed by atoms with Crippen LogP contribution in [-0.2, 0) is 9.53 Å². The number of allylic oxidation sites excluding steroid dienone is 1. The lowest BCUT2D eigenvalue weighted by Crippen LogP contribution is -2.35. The number of halogens is 2. The molecular formula is C19H17F2N3O5. The van der Waals surface area contributed by atoms with Crippen molar-refractivity contribution in [1.82, 2.24) is 9.97 Å². The molecule has 152 valence electrons. The molecule has 10 heteroatoms. The van der Waals surface area contributed by atoms with Crippen LogP contribution in [0.5, 0.6) is 5.75 Å². The molecule has 1 aromatic heterocycles. The van der Waals surface area contributed by atoms with Gasteiger partial charge in [0.1, 0.15) is 18.2 Å². The first kappa shape index (κ1) is 20.1. The zero-order valence-corrected chi connectivity index (χ0v) is 15.3. The molecule has 1 aromatic carbocycles. The number of H-pyrrole nitrogens is 2. The molecule has 2 heterocycles. The molecular weight excluding hydrogens is 388 g/mol. The second-order valence-electron chi connectivity index (χ2n) is 6.10. The van der Waals surface area contributed by atoms with Crippen molar-refractivity contribution < 1.29 is 23.0 Å². The minimum atomic E-state index is -3.12. The van der Waals surface area contributed by atoms with E-state index in [2.05, 4.69) is 26.6 Å². The molecule has 8 nitrogen and oxygen atoms in total. The summed E-state index contributed by atoms with van der Waals surface area (Å²) in [6.07, 6.45) is 1.37. The Morgan fingerprint density at radius 2 is 2.00 bits per heavy atom. The zero-order chi connectivity index (χ0) is 21.1. The summed E-state index contributed by atoms with van der Waals surface area (Å²) in [7, 11) is 0. The number of para-hydroxylation sites is 1. The van der Waals surface area contributed by atoms with E-state index in [4.69, 9.17) is 4.74 Å². The van der Waals surface area contributed by atoms with Gasteiger partial charge in [-0.2, -0.15) is 8.78 Å². The number of fused-ring (bicyclic) bond motifs is 1. The molecule has 29 heavy (non-hydrogen) atoms. The number of anilines is 1. The Morgan fingerprint density at radius 3 is 2.69 bits per heavy atom. The normalized spacial score (nSPS) is 15.5. The average Bonchev–Trinajstić information content (AvgIpc) is 2.64. The minimum Gasteiger partial charge on any atom is -0.458 e. The summed E-state index contributed by atoms with van der Waals surface area (Å²) in [6, 6.07) is 5.78. The van der Waals surface area contributed by atoms with E-state index in [-0.39, 0.29) is 40.6 Å². The van der Waals surface area contributed by atoms with Gasteiger partial charge in [0.05, 0.1) is 17.1 Å². The summed E-state index contributed by atoms with van der Waals surface area (Å²) in [5.41, 5.74) is -1.15. The van der Waals surface area contributed by atoms with Gasteiger partial charge in [-0.05, 0) is 13.0 Å². The number of rotatable bonds is 6. The van der Waals surface area contributed by atoms with Crippen molar-refractivity contribution in [3.8, 4) is 5.75 Å². The van der Waals surface area contributed by atoms with Crippen molar-refractivity contribution in [2.75, 3.05) is 11.9 Å². The van der Waals surface area contributed by atoms with Crippen LogP contribution in [0.4, 0.5) is 14.6 Å². The molecule has 0 amide bonds. The van der Waals surface area contributed by atoms with Crippen LogP contribution in [0.1, 0.15) is 24.0 Å². The van der Waals surface area contributed by atoms with Crippen molar-refractivity contribution in [2.24, 2.45) is 0 Å². The van der Waals surface area contributed by atoms with Crippen LogP contribution in [0.3, 0.4) is 0 Å². The Bertz CT molecular complexity index is 1100. The van der Waals surface area contributed by atoms with Crippen LogP contribution in [0, 0.1) is 0 Å². The van der Waals surface area contributed by atoms with Gasteiger partial charge in [-0.15, -0.1) is 0 Å². The lowest BCUT2D eigenvalue weighted by Gasteiger charge is -2.29. The number of esters is 1. The highest BCUT2D eigenvalue weighted by molar-refractivity contribution is 5.94. The molecule has 1 aliphatic heterocycles. The first-order valence-corrected chi connectivity index (χ1v) is 8.49. The lowest BCUT2D eigenvalue weighted by molar-refractivity contribution is -0.138. The second kappa shape index (κ2) is 8.13. The fraction of sp³-hybridized carbons (Fsp3) is 0.211. The number of hydrogen-bond acceptors (Lipinski definition) is 6. The van der Waals surface area contributed by atoms with E-state index in [1.54, 1.807) is 6.07 Å². The summed E-state index contributed by atoms with van der Waals surface area (Å²) >= 11 is 0. The summed E-state index contributed by atoms with van der Waals surface area (Å²) in [5, 5.41) is 2.80. The molecule has 3 rings (SSSR count). The molecule has 3 N–H and O–H groups in total. The standard InChI is InChI=1S/C19H17F2N3O5/c1-3-8-28-17(26)12-9(2)22-15-14(16(25)24-19(27)23-15)13(12)10-6-4-5-7-11(10)29-18(20)21/h3-7,13,18H,1,8H2,2H3,(H3,22,23,24,25,27)/t13-/m0/s1. The molecule has 0 spiro atoms. The third-order valence-corrected chi connectivity index (χ3v) is 4.27. The number of carbonyl (C=O) groups excluding carboxylic acids is 1. The number of benzene rings is 1. The van der Waals surface area contributed by atoms with Crippen LogP contribution < -0.4 is 21.3 Å². The molecule has 1 atom stereocenters. The number of aromatic amines is 2. The molecule has 0 radical (unpaired) electrons. The van der Waals surface area contributed by atoms with E-state index in [0.717, 1.165) is 0 Å². The first-order chi connectivity index (χ1) is 13.8. The number of hydrogen-bond donors (Lipinski definition) is 3. The average molecular weight is 405 g/mol. The van der Waals surface area contributed by atoms with Crippen LogP contribution >= 0.6 is 0 Å². The number of ether oxygens (including phenoxy) is 2. The fourth-order valence-corrected chi connectivity index (χ4v) is 3.20. The van der Waals surface area contributed by atoms with Gasteiger partial charge in [0, 0.05) is 11.3 Å². The monoisotopic (exact) mass is 405 g/mol. The highest BCUT2D eigenvalue weighted by atomic mass is 19.3. The SMILES string of the molecule is C=CCOC(=O)C1=C(C)Nc2[nH]c(=O)[nH]c(=O)c2[C@H]1c1ccccc1OC(F)F. The van der Waals surface area contributed by atoms with Crippen LogP contribution in [0.15, 0.2) is 57.8 Å². The van der Waals surface area contributed by atoms with E-state index in [1.807, 2.05) is 0 Å². The maximum absolute atomic E-state index is 12.9. The third-order valence-electron chi connectivity index (χ3n) is 4.27. The number of carbonyl (C=O) groups is 1. The van der Waals surface area contributed by atoms with Gasteiger partial charge in [0.25, 0.3) is 5.56 Å². The number of aromatic nitrogens is 2. The van der Waals surface area contributed by atoms with Crippen molar-refractivity contribution >= 4 is 11.8 Å². The van der Waals surface area contributed by atoms with Gasteiger partial charge in [0.2, 0.25) is 0 Å². The summed E-state index contributed by atoms with van der Waals surface area (Å²) in [5.74, 6) is -2.07. The van der Waals surface area contributed by atoms with Crippen LogP contribution in [0.2, 0.25) is 0 Å². The Kier molecular flexibility index (Phi) is 5.62. The van der Waals surface area contributed by atoms with Gasteiger partial charge < -0.3 is 14.8 Å². The highest BCUT2D eigenvalue weighted by Crippen LogP contribution is 2.42. The second-order valence-corrected chi connectivity index (χ2v) is 6.10. The van der Waals surface area contributed by atoms with E-state index in [9.17, 15) is 23.2 Å². The van der Waals surface area contributed by atoms with Gasteiger partial charge >= 0.3 is 18.3 Å². The topological polar surface area (TPSA) is 113 Å². The predicted octanol–water partition coefficient (Wildman–Crippen LogP) is 2.23. The molecule has 0 aliphatic carbocycles. The van der Waals surface area contributed by atoms with E-state index in [1.165, 1.54) is 31.2 Å². The molecule has 2 aromatic rings. The predicted molar refractivity (Wildman–Crippen MR) is 100 cm³/mol. The smallest absolute Gasteiger partial charge is 0.387 e. The Labute approximate surface area is 162 Å². The lowest BCUT2D eigenvalue weighted by atomic mass is 9.82. The third kappa shape index (κ3) is 3.96. The molecule has 1 aliphatic rings. The molecule has 0 saturated carbocycles. The van der Waals surface area contributed by atoms with Crippen LogP contribution in [-0.4, -0.2) is 29.2 Å². The molecule has 0 bridgehead atoms. The van der Waals surface area contributed by atoms with Crippen molar-refractivity contribution in [3.05, 3.63) is 80.2 Å². The van der Waals surface area contributed by atoms with E-state index < -0.39 is 29.7 Å².